The number of hydrogen-bond acceptors (Lipinski definition) is 3. The minimum atomic E-state index is -0.260. The van der Waals surface area contributed by atoms with E-state index in [9.17, 15) is 4.79 Å². The highest BCUT2D eigenvalue weighted by Crippen LogP contribution is 2.37. The minimum Gasteiger partial charge on any atom is -0.495 e. The number of hydrogen-bond donors (Lipinski definition) is 1. The Kier molecular flexibility index (Phi) is 5.93. The van der Waals surface area contributed by atoms with Crippen LogP contribution in [0.5, 0.6) is 17.2 Å². The molecular weight excluding hydrogens is 466 g/mol. The number of methoxy groups -OCH3 is 1. The second-order valence-corrected chi connectivity index (χ2v) is 7.76. The molecule has 0 atom stereocenters. The summed E-state index contributed by atoms with van der Waals surface area (Å²) in [7, 11) is 1.55. The van der Waals surface area contributed by atoms with Gasteiger partial charge in [-0.15, -0.1) is 0 Å². The van der Waals surface area contributed by atoms with Crippen molar-refractivity contribution in [3.8, 4) is 17.2 Å². The van der Waals surface area contributed by atoms with E-state index in [0.29, 0.717) is 33.5 Å². The first-order chi connectivity index (χ1) is 14.5. The number of amides is 1. The highest BCUT2D eigenvalue weighted by atomic mass is 79.9. The maximum atomic E-state index is 12.9. The molecule has 0 spiro atoms. The lowest BCUT2D eigenvalue weighted by Gasteiger charge is -2.14. The molecule has 6 heteroatoms. The fourth-order valence-electron chi connectivity index (χ4n) is 3.10. The Balaban J connectivity index is 1.54. The highest BCUT2D eigenvalue weighted by Gasteiger charge is 2.18. The maximum absolute atomic E-state index is 12.9. The summed E-state index contributed by atoms with van der Waals surface area (Å²) in [5, 5.41) is 5.49. The van der Waals surface area contributed by atoms with Crippen molar-refractivity contribution in [1.29, 1.82) is 0 Å². The van der Waals surface area contributed by atoms with Gasteiger partial charge in [0.05, 0.1) is 17.1 Å². The molecule has 0 bridgehead atoms. The summed E-state index contributed by atoms with van der Waals surface area (Å²) < 4.78 is 12.0. The van der Waals surface area contributed by atoms with Gasteiger partial charge < -0.3 is 14.8 Å². The van der Waals surface area contributed by atoms with E-state index in [2.05, 4.69) is 21.2 Å². The Bertz CT molecular complexity index is 1210. The molecule has 1 N–H and O–H groups in total. The zero-order valence-electron chi connectivity index (χ0n) is 16.0. The van der Waals surface area contributed by atoms with E-state index in [4.69, 9.17) is 21.1 Å². The van der Waals surface area contributed by atoms with Crippen LogP contribution in [0.25, 0.3) is 10.8 Å². The average Bonchev–Trinajstić information content (AvgIpc) is 2.76. The quantitative estimate of drug-likeness (QED) is 0.324. The van der Waals surface area contributed by atoms with Crippen LogP contribution in [0.3, 0.4) is 0 Å². The number of halogens is 2. The zero-order valence-corrected chi connectivity index (χ0v) is 18.3. The number of carbonyl (C=O) groups excluding carboxylic acids is 1. The first kappa shape index (κ1) is 20.3. The first-order valence-corrected chi connectivity index (χ1v) is 10.3. The maximum Gasteiger partial charge on any atom is 0.259 e. The van der Waals surface area contributed by atoms with Crippen LogP contribution in [0.1, 0.15) is 10.4 Å². The van der Waals surface area contributed by atoms with Crippen molar-refractivity contribution < 1.29 is 14.3 Å². The Morgan fingerprint density at radius 3 is 2.23 bits per heavy atom. The van der Waals surface area contributed by atoms with E-state index >= 15 is 0 Å². The third-order valence-electron chi connectivity index (χ3n) is 4.55. The second-order valence-electron chi connectivity index (χ2n) is 6.53. The molecule has 0 heterocycles. The monoisotopic (exact) mass is 481 g/mol. The van der Waals surface area contributed by atoms with Gasteiger partial charge in [-0.05, 0) is 81.3 Å². The van der Waals surface area contributed by atoms with E-state index in [1.54, 1.807) is 55.6 Å². The van der Waals surface area contributed by atoms with Crippen LogP contribution in [0.4, 0.5) is 5.69 Å². The fourth-order valence-corrected chi connectivity index (χ4v) is 3.96. The van der Waals surface area contributed by atoms with Crippen molar-refractivity contribution >= 4 is 49.9 Å². The molecule has 4 rings (SSSR count). The average molecular weight is 483 g/mol. The topological polar surface area (TPSA) is 47.6 Å². The van der Waals surface area contributed by atoms with Crippen molar-refractivity contribution in [3.63, 3.8) is 0 Å². The van der Waals surface area contributed by atoms with Crippen LogP contribution >= 0.6 is 27.5 Å². The molecule has 0 unspecified atom stereocenters. The van der Waals surface area contributed by atoms with E-state index in [0.717, 1.165) is 15.2 Å². The summed E-state index contributed by atoms with van der Waals surface area (Å²) in [4.78, 5) is 12.9. The van der Waals surface area contributed by atoms with Crippen LogP contribution < -0.4 is 14.8 Å². The van der Waals surface area contributed by atoms with Gasteiger partial charge in [0.2, 0.25) is 0 Å². The number of fused-ring (bicyclic) bond motifs is 1. The van der Waals surface area contributed by atoms with Crippen LogP contribution in [0.15, 0.2) is 83.3 Å². The van der Waals surface area contributed by atoms with Gasteiger partial charge in [0.15, 0.2) is 0 Å². The van der Waals surface area contributed by atoms with Gasteiger partial charge in [0, 0.05) is 10.7 Å². The largest absolute Gasteiger partial charge is 0.495 e. The molecule has 30 heavy (non-hydrogen) atoms. The van der Waals surface area contributed by atoms with E-state index < -0.39 is 0 Å². The smallest absolute Gasteiger partial charge is 0.259 e. The summed E-state index contributed by atoms with van der Waals surface area (Å²) in [6.07, 6.45) is 0. The van der Waals surface area contributed by atoms with Gasteiger partial charge >= 0.3 is 0 Å². The molecule has 0 aromatic heterocycles. The third-order valence-corrected chi connectivity index (χ3v) is 5.59. The molecule has 1 amide bonds. The summed E-state index contributed by atoms with van der Waals surface area (Å²) >= 11 is 9.45. The molecule has 4 aromatic carbocycles. The number of carbonyl (C=O) groups is 1. The number of ether oxygens (including phenoxy) is 2. The van der Waals surface area contributed by atoms with Crippen molar-refractivity contribution in [2.75, 3.05) is 12.4 Å². The molecule has 0 saturated heterocycles. The molecule has 0 aliphatic heterocycles. The predicted molar refractivity (Wildman–Crippen MR) is 124 cm³/mol. The molecule has 0 aliphatic rings. The fraction of sp³-hybridized carbons (Fsp3) is 0.0417. The van der Waals surface area contributed by atoms with Gasteiger partial charge in [0.1, 0.15) is 17.2 Å². The number of anilines is 1. The van der Waals surface area contributed by atoms with Gasteiger partial charge in [0.25, 0.3) is 5.91 Å². The van der Waals surface area contributed by atoms with Gasteiger partial charge in [-0.2, -0.15) is 0 Å². The summed E-state index contributed by atoms with van der Waals surface area (Å²) in [6.45, 7) is 0. The Labute approximate surface area is 187 Å². The van der Waals surface area contributed by atoms with Crippen molar-refractivity contribution in [2.45, 2.75) is 0 Å². The number of nitrogens with one attached hydrogen (secondary N) is 1. The lowest BCUT2D eigenvalue weighted by atomic mass is 10.1. The van der Waals surface area contributed by atoms with Gasteiger partial charge in [-0.3, -0.25) is 4.79 Å². The van der Waals surface area contributed by atoms with Crippen LogP contribution in [-0.4, -0.2) is 13.0 Å². The van der Waals surface area contributed by atoms with E-state index in [1.165, 1.54) is 0 Å². The SMILES string of the molecule is COc1c(C(=O)Nc2ccc(Oc3ccc(Cl)cc3)cc2)cc2ccccc2c1Br. The van der Waals surface area contributed by atoms with E-state index in [-0.39, 0.29) is 5.91 Å². The lowest BCUT2D eigenvalue weighted by molar-refractivity contribution is 0.102. The molecule has 0 saturated carbocycles. The normalized spacial score (nSPS) is 10.6. The predicted octanol–water partition coefficient (Wildman–Crippen LogP) is 7.31. The molecule has 0 aliphatic carbocycles. The van der Waals surface area contributed by atoms with Gasteiger partial charge in [-0.25, -0.2) is 0 Å². The summed E-state index contributed by atoms with van der Waals surface area (Å²) in [5.41, 5.74) is 1.10. The summed E-state index contributed by atoms with van der Waals surface area (Å²) in [6, 6.07) is 23.9. The van der Waals surface area contributed by atoms with Crippen molar-refractivity contribution in [1.82, 2.24) is 0 Å². The van der Waals surface area contributed by atoms with Crippen LogP contribution in [0.2, 0.25) is 5.02 Å². The molecule has 4 aromatic rings. The highest BCUT2D eigenvalue weighted by molar-refractivity contribution is 9.10. The Hall–Kier alpha value is -3.02. The standard InChI is InChI=1S/C24H17BrClNO3/c1-29-23-21(14-15-4-2-3-5-20(15)22(23)25)24(28)27-17-8-12-19(13-9-17)30-18-10-6-16(26)7-11-18/h2-14H,1H3,(H,27,28). The first-order valence-electron chi connectivity index (χ1n) is 9.15. The van der Waals surface area contributed by atoms with Crippen molar-refractivity contribution in [3.05, 3.63) is 93.9 Å². The molecule has 0 radical (unpaired) electrons. The lowest BCUT2D eigenvalue weighted by Crippen LogP contribution is -2.13. The Morgan fingerprint density at radius 1 is 0.933 bits per heavy atom. The molecule has 0 fully saturated rings. The molecule has 150 valence electrons. The third kappa shape index (κ3) is 4.27. The summed E-state index contributed by atoms with van der Waals surface area (Å²) in [5.74, 6) is 1.57. The molecular formula is C24H17BrClNO3. The van der Waals surface area contributed by atoms with E-state index in [1.807, 2.05) is 30.3 Å². The molecule has 4 nitrogen and oxygen atoms in total. The second kappa shape index (κ2) is 8.78. The van der Waals surface area contributed by atoms with Gasteiger partial charge in [-0.1, -0.05) is 35.9 Å². The van der Waals surface area contributed by atoms with Crippen molar-refractivity contribution in [2.24, 2.45) is 0 Å². The Morgan fingerprint density at radius 2 is 1.57 bits per heavy atom. The minimum absolute atomic E-state index is 0.260. The van der Waals surface area contributed by atoms with Crippen LogP contribution in [0, 0.1) is 0 Å². The van der Waals surface area contributed by atoms with Crippen LogP contribution in [-0.2, 0) is 0 Å². The zero-order chi connectivity index (χ0) is 21.1. The number of benzene rings is 4. The number of rotatable bonds is 5.